The summed E-state index contributed by atoms with van der Waals surface area (Å²) < 4.78 is 5.59. The van der Waals surface area contributed by atoms with Gasteiger partial charge in [0.05, 0.1) is 5.56 Å². The Morgan fingerprint density at radius 3 is 2.84 bits per heavy atom. The number of nitrogens with two attached hydrogens (primary N) is 1. The number of anilines is 1. The predicted octanol–water partition coefficient (Wildman–Crippen LogP) is 2.78. The number of aromatic nitrogens is 1. The van der Waals surface area contributed by atoms with Gasteiger partial charge in [-0.15, -0.1) is 0 Å². The molecule has 3 aromatic rings. The maximum atomic E-state index is 10.9. The van der Waals surface area contributed by atoms with Crippen LogP contribution >= 0.6 is 0 Å². The largest absolute Gasteiger partial charge is 0.478 e. The summed E-state index contributed by atoms with van der Waals surface area (Å²) in [5.74, 6) is -0.606. The average molecular weight is 254 g/mol. The summed E-state index contributed by atoms with van der Waals surface area (Å²) in [6.07, 6.45) is 0. The van der Waals surface area contributed by atoms with E-state index in [-0.39, 0.29) is 5.56 Å². The van der Waals surface area contributed by atoms with E-state index in [1.807, 2.05) is 0 Å². The van der Waals surface area contributed by atoms with Gasteiger partial charge in [-0.3, -0.25) is 0 Å². The van der Waals surface area contributed by atoms with Crippen LogP contribution in [0.2, 0.25) is 0 Å². The molecule has 5 heteroatoms. The van der Waals surface area contributed by atoms with Crippen molar-refractivity contribution in [1.29, 1.82) is 0 Å². The summed E-state index contributed by atoms with van der Waals surface area (Å²) in [7, 11) is 0. The van der Waals surface area contributed by atoms with Crippen LogP contribution in [0.1, 0.15) is 10.4 Å². The number of benzene rings is 2. The van der Waals surface area contributed by atoms with Crippen LogP contribution in [0.3, 0.4) is 0 Å². The minimum atomic E-state index is -0.984. The van der Waals surface area contributed by atoms with Crippen LogP contribution in [0.25, 0.3) is 22.6 Å². The van der Waals surface area contributed by atoms with E-state index in [4.69, 9.17) is 15.3 Å². The lowest BCUT2D eigenvalue weighted by molar-refractivity contribution is 0.0697. The molecule has 0 unspecified atom stereocenters. The zero-order valence-corrected chi connectivity index (χ0v) is 9.83. The van der Waals surface area contributed by atoms with Crippen molar-refractivity contribution < 1.29 is 14.3 Å². The number of nitrogen functional groups attached to an aromatic ring is 1. The van der Waals surface area contributed by atoms with E-state index in [0.29, 0.717) is 28.2 Å². The Hall–Kier alpha value is -2.82. The third-order valence-corrected chi connectivity index (χ3v) is 2.77. The SMILES string of the molecule is Nc1ccc2nc(-c3cccc(C(=O)O)c3)oc2c1. The minimum absolute atomic E-state index is 0.194. The van der Waals surface area contributed by atoms with Gasteiger partial charge in [-0.25, -0.2) is 9.78 Å². The predicted molar refractivity (Wildman–Crippen MR) is 70.8 cm³/mol. The summed E-state index contributed by atoms with van der Waals surface area (Å²) in [6, 6.07) is 11.6. The lowest BCUT2D eigenvalue weighted by atomic mass is 10.1. The highest BCUT2D eigenvalue weighted by Gasteiger charge is 2.10. The van der Waals surface area contributed by atoms with Crippen LogP contribution in [-0.4, -0.2) is 16.1 Å². The standard InChI is InChI=1S/C14H10N2O3/c15-10-4-5-11-12(7-10)19-13(16-11)8-2-1-3-9(6-8)14(17)18/h1-7H,15H2,(H,17,18). The fourth-order valence-electron chi connectivity index (χ4n) is 1.85. The van der Waals surface area contributed by atoms with E-state index in [9.17, 15) is 4.79 Å². The lowest BCUT2D eigenvalue weighted by Crippen LogP contribution is -1.95. The first-order valence-electron chi connectivity index (χ1n) is 5.63. The molecule has 94 valence electrons. The van der Waals surface area contributed by atoms with Gasteiger partial charge in [0.1, 0.15) is 5.52 Å². The highest BCUT2D eigenvalue weighted by Crippen LogP contribution is 2.26. The quantitative estimate of drug-likeness (QED) is 0.686. The number of aromatic carboxylic acids is 1. The molecule has 5 nitrogen and oxygen atoms in total. The lowest BCUT2D eigenvalue weighted by Gasteiger charge is -1.97. The van der Waals surface area contributed by atoms with E-state index in [1.165, 1.54) is 12.1 Å². The van der Waals surface area contributed by atoms with Crippen LogP contribution < -0.4 is 5.73 Å². The van der Waals surface area contributed by atoms with Crippen molar-refractivity contribution in [2.75, 3.05) is 5.73 Å². The molecule has 0 spiro atoms. The number of carboxylic acids is 1. The van der Waals surface area contributed by atoms with E-state index in [1.54, 1.807) is 30.3 Å². The van der Waals surface area contributed by atoms with Gasteiger partial charge in [0, 0.05) is 17.3 Å². The molecular weight excluding hydrogens is 244 g/mol. The Morgan fingerprint density at radius 1 is 1.21 bits per heavy atom. The monoisotopic (exact) mass is 254 g/mol. The van der Waals surface area contributed by atoms with Crippen molar-refractivity contribution >= 4 is 22.8 Å². The van der Waals surface area contributed by atoms with E-state index >= 15 is 0 Å². The second-order valence-corrected chi connectivity index (χ2v) is 4.13. The molecule has 0 saturated heterocycles. The zero-order valence-electron chi connectivity index (χ0n) is 9.83. The number of rotatable bonds is 2. The van der Waals surface area contributed by atoms with Gasteiger partial charge < -0.3 is 15.3 Å². The number of carbonyl (C=O) groups is 1. The molecule has 2 aromatic carbocycles. The second-order valence-electron chi connectivity index (χ2n) is 4.13. The van der Waals surface area contributed by atoms with Crippen LogP contribution in [0.4, 0.5) is 5.69 Å². The van der Waals surface area contributed by atoms with Gasteiger partial charge in [0.2, 0.25) is 5.89 Å². The van der Waals surface area contributed by atoms with Crippen molar-refractivity contribution in [3.8, 4) is 11.5 Å². The van der Waals surface area contributed by atoms with Crippen molar-refractivity contribution in [1.82, 2.24) is 4.98 Å². The molecule has 0 aliphatic rings. The molecule has 19 heavy (non-hydrogen) atoms. The summed E-state index contributed by atoms with van der Waals surface area (Å²) in [5.41, 5.74) is 8.34. The van der Waals surface area contributed by atoms with Gasteiger partial charge in [0.25, 0.3) is 0 Å². The second kappa shape index (κ2) is 4.13. The molecule has 3 N–H and O–H groups in total. The third kappa shape index (κ3) is 2.01. The van der Waals surface area contributed by atoms with E-state index in [0.717, 1.165) is 0 Å². The minimum Gasteiger partial charge on any atom is -0.478 e. The summed E-state index contributed by atoms with van der Waals surface area (Å²) in [5, 5.41) is 8.96. The first-order valence-corrected chi connectivity index (χ1v) is 5.63. The maximum Gasteiger partial charge on any atom is 0.335 e. The molecule has 0 saturated carbocycles. The number of oxazole rings is 1. The molecule has 0 aliphatic carbocycles. The molecule has 0 atom stereocenters. The average Bonchev–Trinajstić information content (AvgIpc) is 2.81. The summed E-state index contributed by atoms with van der Waals surface area (Å²) in [4.78, 5) is 15.2. The number of carboxylic acid groups (broad SMARTS) is 1. The smallest absolute Gasteiger partial charge is 0.335 e. The number of hydrogen-bond donors (Lipinski definition) is 2. The highest BCUT2D eigenvalue weighted by molar-refractivity contribution is 5.89. The van der Waals surface area contributed by atoms with E-state index in [2.05, 4.69) is 4.98 Å². The van der Waals surface area contributed by atoms with Crippen LogP contribution in [0, 0.1) is 0 Å². The molecule has 0 fully saturated rings. The summed E-state index contributed by atoms with van der Waals surface area (Å²) in [6.45, 7) is 0. The Labute approximate surface area is 108 Å². The molecule has 0 aliphatic heterocycles. The van der Waals surface area contributed by atoms with Gasteiger partial charge in [-0.2, -0.15) is 0 Å². The van der Waals surface area contributed by atoms with Gasteiger partial charge in [-0.1, -0.05) is 6.07 Å². The fourth-order valence-corrected chi connectivity index (χ4v) is 1.85. The Bertz CT molecular complexity index is 777. The van der Waals surface area contributed by atoms with Gasteiger partial charge in [0.15, 0.2) is 5.58 Å². The van der Waals surface area contributed by atoms with Crippen molar-refractivity contribution in [2.45, 2.75) is 0 Å². The van der Waals surface area contributed by atoms with Crippen LogP contribution in [0.15, 0.2) is 46.9 Å². The highest BCUT2D eigenvalue weighted by atomic mass is 16.4. The molecule has 1 aromatic heterocycles. The van der Waals surface area contributed by atoms with Crippen LogP contribution in [-0.2, 0) is 0 Å². The van der Waals surface area contributed by atoms with E-state index < -0.39 is 5.97 Å². The molecule has 1 heterocycles. The number of hydrogen-bond acceptors (Lipinski definition) is 4. The molecule has 0 amide bonds. The van der Waals surface area contributed by atoms with Crippen LogP contribution in [0.5, 0.6) is 0 Å². The normalized spacial score (nSPS) is 10.7. The van der Waals surface area contributed by atoms with Gasteiger partial charge in [-0.05, 0) is 30.3 Å². The molecule has 3 rings (SSSR count). The number of fused-ring (bicyclic) bond motifs is 1. The zero-order chi connectivity index (χ0) is 13.4. The van der Waals surface area contributed by atoms with Crippen molar-refractivity contribution in [3.05, 3.63) is 48.0 Å². The third-order valence-electron chi connectivity index (χ3n) is 2.77. The first-order chi connectivity index (χ1) is 9.13. The topological polar surface area (TPSA) is 89.3 Å². The Morgan fingerprint density at radius 2 is 2.05 bits per heavy atom. The summed E-state index contributed by atoms with van der Waals surface area (Å²) >= 11 is 0. The Balaban J connectivity index is 2.13. The maximum absolute atomic E-state index is 10.9. The first kappa shape index (κ1) is 11.3. The Kier molecular flexibility index (Phi) is 2.45. The van der Waals surface area contributed by atoms with Crippen molar-refractivity contribution in [3.63, 3.8) is 0 Å². The fraction of sp³-hybridized carbons (Fsp3) is 0. The molecule has 0 bridgehead atoms. The molecular formula is C14H10N2O3. The van der Waals surface area contributed by atoms with Crippen molar-refractivity contribution in [2.24, 2.45) is 0 Å². The molecule has 0 radical (unpaired) electrons. The number of nitrogens with zero attached hydrogens (tertiary/aromatic N) is 1. The van der Waals surface area contributed by atoms with Gasteiger partial charge >= 0.3 is 5.97 Å².